The Morgan fingerprint density at radius 2 is 1.74 bits per heavy atom. The molecule has 1 aromatic heterocycles. The summed E-state index contributed by atoms with van der Waals surface area (Å²) in [4.78, 5) is 4.87. The van der Waals surface area contributed by atoms with Crippen molar-refractivity contribution in [2.45, 2.75) is 19.5 Å². The molecule has 0 amide bonds. The molecule has 3 aliphatic heterocycles. The standard InChI is InChI=1S/C30H28ClN3O4/c1-36-29-13-20(16-32-8-10-33(11-9-32)22-4-2-21(31)3-5-22)23-14-26-24-15-28-27(37-18-38-28)12-19(24)6-7-34(26)17-25(23)30(29)35/h2-5,12-15,17H,6-11,16,18H2,1H3/p+1. The van der Waals surface area contributed by atoms with E-state index in [0.717, 1.165) is 89.8 Å². The molecule has 0 saturated carbocycles. The van der Waals surface area contributed by atoms with Crippen molar-refractivity contribution in [1.29, 1.82) is 0 Å². The third kappa shape index (κ3) is 3.97. The first-order valence-electron chi connectivity index (χ1n) is 13.0. The number of ether oxygens (including phenoxy) is 3. The molecule has 4 heterocycles. The number of aromatic nitrogens is 1. The lowest BCUT2D eigenvalue weighted by molar-refractivity contribution is -0.686. The lowest BCUT2D eigenvalue weighted by atomic mass is 9.94. The maximum absolute atomic E-state index is 11.1. The molecule has 38 heavy (non-hydrogen) atoms. The number of rotatable bonds is 4. The maximum Gasteiger partial charge on any atom is 0.231 e. The predicted octanol–water partition coefficient (Wildman–Crippen LogP) is 4.77. The Kier molecular flexibility index (Phi) is 5.71. The van der Waals surface area contributed by atoms with Crippen molar-refractivity contribution in [1.82, 2.24) is 4.90 Å². The number of nitrogens with zero attached hydrogens (tertiary/aromatic N) is 3. The number of pyridine rings is 1. The van der Waals surface area contributed by atoms with Gasteiger partial charge < -0.3 is 24.2 Å². The minimum atomic E-state index is 0.186. The van der Waals surface area contributed by atoms with Crippen LogP contribution in [-0.4, -0.2) is 50.1 Å². The molecule has 194 valence electrons. The summed E-state index contributed by atoms with van der Waals surface area (Å²) in [6, 6.07) is 16.5. The summed E-state index contributed by atoms with van der Waals surface area (Å²) in [5.41, 5.74) is 5.88. The van der Waals surface area contributed by atoms with Crippen LogP contribution in [-0.2, 0) is 19.5 Å². The van der Waals surface area contributed by atoms with Crippen LogP contribution in [0.5, 0.6) is 23.0 Å². The van der Waals surface area contributed by atoms with E-state index in [9.17, 15) is 5.11 Å². The van der Waals surface area contributed by atoms with Crippen LogP contribution in [0.15, 0.2) is 54.7 Å². The van der Waals surface area contributed by atoms with Gasteiger partial charge in [0, 0.05) is 61.3 Å². The molecule has 8 heteroatoms. The van der Waals surface area contributed by atoms with E-state index >= 15 is 0 Å². The quantitative estimate of drug-likeness (QED) is 0.384. The number of phenolic OH excluding ortho intramolecular Hbond substituents is 1. The van der Waals surface area contributed by atoms with E-state index in [-0.39, 0.29) is 12.5 Å². The fraction of sp³-hybridized carbons (Fsp3) is 0.300. The molecule has 4 aromatic rings. The van der Waals surface area contributed by atoms with Crippen molar-refractivity contribution in [2.24, 2.45) is 0 Å². The number of hydrogen-bond donors (Lipinski definition) is 1. The second-order valence-electron chi connectivity index (χ2n) is 10.1. The van der Waals surface area contributed by atoms with Gasteiger partial charge in [-0.25, -0.2) is 0 Å². The second-order valence-corrected chi connectivity index (χ2v) is 10.6. The largest absolute Gasteiger partial charge is 0.504 e. The fourth-order valence-corrected chi connectivity index (χ4v) is 6.04. The van der Waals surface area contributed by atoms with Crippen molar-refractivity contribution in [3.8, 4) is 34.3 Å². The minimum Gasteiger partial charge on any atom is -0.504 e. The molecule has 0 atom stereocenters. The molecule has 3 aliphatic rings. The van der Waals surface area contributed by atoms with E-state index in [1.165, 1.54) is 11.3 Å². The molecule has 7 nitrogen and oxygen atoms in total. The van der Waals surface area contributed by atoms with E-state index in [4.69, 9.17) is 25.8 Å². The van der Waals surface area contributed by atoms with Crippen LogP contribution in [0, 0.1) is 0 Å². The molecule has 0 bridgehead atoms. The van der Waals surface area contributed by atoms with Gasteiger partial charge in [-0.2, -0.15) is 4.57 Å². The van der Waals surface area contributed by atoms with E-state index in [0.29, 0.717) is 5.75 Å². The SMILES string of the molecule is COc1cc(CN2CCN(c3ccc(Cl)cc3)CC2)c2cc3[n+](cc2c1O)CCc1cc2c(cc1-3)OCO2. The molecule has 0 aliphatic carbocycles. The average molecular weight is 531 g/mol. The number of hydrogen-bond acceptors (Lipinski definition) is 6. The molecule has 0 spiro atoms. The van der Waals surface area contributed by atoms with Crippen LogP contribution in [0.2, 0.25) is 5.02 Å². The zero-order valence-corrected chi connectivity index (χ0v) is 22.0. The monoisotopic (exact) mass is 530 g/mol. The smallest absolute Gasteiger partial charge is 0.231 e. The molecule has 3 aromatic carbocycles. The summed E-state index contributed by atoms with van der Waals surface area (Å²) in [5, 5.41) is 13.7. The average Bonchev–Trinajstić information content (AvgIpc) is 3.41. The zero-order valence-electron chi connectivity index (χ0n) is 21.2. The second kappa shape index (κ2) is 9.26. The van der Waals surface area contributed by atoms with Crippen LogP contribution in [0.4, 0.5) is 5.69 Å². The number of aromatic hydroxyl groups is 1. The molecular formula is C30H29ClN3O4+. The summed E-state index contributed by atoms with van der Waals surface area (Å²) in [6.07, 6.45) is 2.96. The Hall–Kier alpha value is -3.68. The molecule has 1 saturated heterocycles. The molecule has 0 unspecified atom stereocenters. The Morgan fingerprint density at radius 3 is 2.50 bits per heavy atom. The van der Waals surface area contributed by atoms with Gasteiger partial charge in [0.15, 0.2) is 35.7 Å². The lowest BCUT2D eigenvalue weighted by Gasteiger charge is -2.36. The van der Waals surface area contributed by atoms with Crippen molar-refractivity contribution >= 4 is 28.1 Å². The third-order valence-corrected chi connectivity index (χ3v) is 8.23. The van der Waals surface area contributed by atoms with E-state index in [1.54, 1.807) is 7.11 Å². The van der Waals surface area contributed by atoms with Crippen LogP contribution < -0.4 is 23.7 Å². The summed E-state index contributed by atoms with van der Waals surface area (Å²) in [6.45, 7) is 5.65. The maximum atomic E-state index is 11.1. The lowest BCUT2D eigenvalue weighted by Crippen LogP contribution is -2.46. The van der Waals surface area contributed by atoms with Crippen molar-refractivity contribution < 1.29 is 23.9 Å². The number of halogens is 1. The number of fused-ring (bicyclic) bond motifs is 5. The number of piperazine rings is 1. The first-order valence-corrected chi connectivity index (χ1v) is 13.4. The minimum absolute atomic E-state index is 0.186. The first-order chi connectivity index (χ1) is 18.6. The highest BCUT2D eigenvalue weighted by Gasteiger charge is 2.29. The topological polar surface area (TPSA) is 58.3 Å². The number of phenols is 1. The van der Waals surface area contributed by atoms with Gasteiger partial charge in [0.1, 0.15) is 0 Å². The van der Waals surface area contributed by atoms with E-state index in [1.807, 2.05) is 18.2 Å². The molecular weight excluding hydrogens is 502 g/mol. The van der Waals surface area contributed by atoms with Crippen LogP contribution in [0.25, 0.3) is 22.0 Å². The number of methoxy groups -OCH3 is 1. The Labute approximate surface area is 226 Å². The molecule has 1 N–H and O–H groups in total. The zero-order chi connectivity index (χ0) is 25.8. The Balaban J connectivity index is 1.23. The van der Waals surface area contributed by atoms with Crippen LogP contribution >= 0.6 is 11.6 Å². The molecule has 1 fully saturated rings. The molecule has 7 rings (SSSR count). The summed E-state index contributed by atoms with van der Waals surface area (Å²) < 4.78 is 19.1. The normalized spacial score (nSPS) is 16.4. The van der Waals surface area contributed by atoms with Gasteiger partial charge in [0.25, 0.3) is 0 Å². The van der Waals surface area contributed by atoms with Gasteiger partial charge in [-0.1, -0.05) is 11.6 Å². The summed E-state index contributed by atoms with van der Waals surface area (Å²) >= 11 is 6.08. The Morgan fingerprint density at radius 1 is 0.974 bits per heavy atom. The predicted molar refractivity (Wildman–Crippen MR) is 147 cm³/mol. The summed E-state index contributed by atoms with van der Waals surface area (Å²) in [7, 11) is 1.61. The summed E-state index contributed by atoms with van der Waals surface area (Å²) in [5.74, 6) is 2.30. The van der Waals surface area contributed by atoms with Crippen molar-refractivity contribution in [3.05, 3.63) is 70.9 Å². The third-order valence-electron chi connectivity index (χ3n) is 7.98. The van der Waals surface area contributed by atoms with Crippen LogP contribution in [0.1, 0.15) is 11.1 Å². The Bertz CT molecular complexity index is 1550. The van der Waals surface area contributed by atoms with Crippen molar-refractivity contribution in [2.75, 3.05) is 45.0 Å². The van der Waals surface area contributed by atoms with Gasteiger partial charge >= 0.3 is 0 Å². The van der Waals surface area contributed by atoms with Gasteiger partial charge in [-0.15, -0.1) is 0 Å². The number of benzene rings is 3. The van der Waals surface area contributed by atoms with Gasteiger partial charge in [0.2, 0.25) is 12.5 Å². The highest BCUT2D eigenvalue weighted by molar-refractivity contribution is 6.30. The van der Waals surface area contributed by atoms with E-state index < -0.39 is 0 Å². The molecule has 0 radical (unpaired) electrons. The van der Waals surface area contributed by atoms with Gasteiger partial charge in [-0.05, 0) is 53.6 Å². The number of anilines is 1. The van der Waals surface area contributed by atoms with Gasteiger partial charge in [0.05, 0.1) is 18.1 Å². The fourth-order valence-electron chi connectivity index (χ4n) is 5.91. The van der Waals surface area contributed by atoms with Gasteiger partial charge in [-0.3, -0.25) is 4.90 Å². The number of aryl methyl sites for hydroxylation is 2. The van der Waals surface area contributed by atoms with Crippen LogP contribution in [0.3, 0.4) is 0 Å². The highest BCUT2D eigenvalue weighted by Crippen LogP contribution is 2.42. The van der Waals surface area contributed by atoms with E-state index in [2.05, 4.69) is 50.9 Å². The first kappa shape index (κ1) is 23.4. The highest BCUT2D eigenvalue weighted by atomic mass is 35.5. The van der Waals surface area contributed by atoms with Crippen molar-refractivity contribution in [3.63, 3.8) is 0 Å².